The molecule has 146 valence electrons. The number of carbonyl (C=O) groups excluding carboxylic acids is 1. The molecule has 0 spiro atoms. The smallest absolute Gasteiger partial charge is 0.265 e. The van der Waals surface area contributed by atoms with Gasteiger partial charge < -0.3 is 10.1 Å². The number of fused-ring (bicyclic) bond motifs is 1. The van der Waals surface area contributed by atoms with E-state index in [0.717, 1.165) is 4.88 Å². The molecule has 0 unspecified atom stereocenters. The van der Waals surface area contributed by atoms with Crippen LogP contribution in [0.2, 0.25) is 5.02 Å². The molecule has 0 fully saturated rings. The lowest BCUT2D eigenvalue weighted by atomic mass is 10.1. The van der Waals surface area contributed by atoms with E-state index in [4.69, 9.17) is 16.3 Å². The summed E-state index contributed by atoms with van der Waals surface area (Å²) < 4.78 is 6.55. The van der Waals surface area contributed by atoms with Crippen molar-refractivity contribution in [1.29, 1.82) is 0 Å². The summed E-state index contributed by atoms with van der Waals surface area (Å²) in [7, 11) is 1.53. The van der Waals surface area contributed by atoms with Crippen LogP contribution < -0.4 is 15.6 Å². The number of hydrogen-bond acceptors (Lipinski definition) is 5. The summed E-state index contributed by atoms with van der Waals surface area (Å²) in [6.07, 6.45) is 1.43. The molecule has 2 aromatic carbocycles. The van der Waals surface area contributed by atoms with Crippen molar-refractivity contribution >= 4 is 39.7 Å². The van der Waals surface area contributed by atoms with Crippen LogP contribution in [0.3, 0.4) is 0 Å². The van der Waals surface area contributed by atoms with Crippen molar-refractivity contribution in [2.24, 2.45) is 0 Å². The van der Waals surface area contributed by atoms with Gasteiger partial charge in [-0.15, -0.1) is 11.3 Å². The van der Waals surface area contributed by atoms with Crippen molar-refractivity contribution in [3.05, 3.63) is 86.1 Å². The summed E-state index contributed by atoms with van der Waals surface area (Å²) in [5.41, 5.74) is 1.23. The zero-order valence-electron chi connectivity index (χ0n) is 15.4. The molecule has 1 N–H and O–H groups in total. The van der Waals surface area contributed by atoms with Crippen LogP contribution in [0.15, 0.2) is 65.0 Å². The molecule has 0 aliphatic heterocycles. The third-order valence-electron chi connectivity index (χ3n) is 4.44. The molecule has 0 atom stereocenters. The van der Waals surface area contributed by atoms with E-state index in [9.17, 15) is 9.59 Å². The van der Waals surface area contributed by atoms with E-state index in [-0.39, 0.29) is 11.5 Å². The molecule has 8 heteroatoms. The van der Waals surface area contributed by atoms with Crippen LogP contribution in [0.4, 0.5) is 0 Å². The Morgan fingerprint density at radius 1 is 1.24 bits per heavy atom. The van der Waals surface area contributed by atoms with Gasteiger partial charge in [0.15, 0.2) is 0 Å². The number of aromatic nitrogens is 2. The predicted octanol–water partition coefficient (Wildman–Crippen LogP) is 4.04. The maximum absolute atomic E-state index is 12.9. The molecule has 0 aliphatic carbocycles. The molecule has 0 saturated heterocycles. The first kappa shape index (κ1) is 19.2. The molecule has 2 heterocycles. The number of benzene rings is 2. The van der Waals surface area contributed by atoms with E-state index in [0.29, 0.717) is 39.5 Å². The van der Waals surface area contributed by atoms with E-state index in [1.807, 2.05) is 17.5 Å². The molecular weight excluding hydrogens is 410 g/mol. The van der Waals surface area contributed by atoms with E-state index in [1.54, 1.807) is 47.7 Å². The van der Waals surface area contributed by atoms with Crippen LogP contribution in [0.25, 0.3) is 16.6 Å². The van der Waals surface area contributed by atoms with Gasteiger partial charge >= 0.3 is 0 Å². The van der Waals surface area contributed by atoms with Gasteiger partial charge in [-0.3, -0.25) is 14.2 Å². The lowest BCUT2D eigenvalue weighted by molar-refractivity contribution is 0.0951. The van der Waals surface area contributed by atoms with Crippen LogP contribution in [-0.4, -0.2) is 22.6 Å². The number of carbonyl (C=O) groups is 1. The van der Waals surface area contributed by atoms with E-state index in [2.05, 4.69) is 10.3 Å². The highest BCUT2D eigenvalue weighted by molar-refractivity contribution is 7.09. The van der Waals surface area contributed by atoms with Gasteiger partial charge in [0.25, 0.3) is 11.5 Å². The minimum Gasteiger partial charge on any atom is -0.495 e. The summed E-state index contributed by atoms with van der Waals surface area (Å²) in [6, 6.07) is 13.8. The van der Waals surface area contributed by atoms with E-state index < -0.39 is 0 Å². The molecule has 29 heavy (non-hydrogen) atoms. The fourth-order valence-corrected chi connectivity index (χ4v) is 3.83. The summed E-state index contributed by atoms with van der Waals surface area (Å²) in [6.45, 7) is 0.460. The molecule has 0 aliphatic rings. The molecule has 6 nitrogen and oxygen atoms in total. The first-order chi connectivity index (χ1) is 14.1. The van der Waals surface area contributed by atoms with Crippen LogP contribution in [0.1, 0.15) is 15.2 Å². The van der Waals surface area contributed by atoms with Gasteiger partial charge in [0.2, 0.25) is 0 Å². The second-order valence-corrected chi connectivity index (χ2v) is 7.67. The Kier molecular flexibility index (Phi) is 5.33. The number of hydrogen-bond donors (Lipinski definition) is 1. The Balaban J connectivity index is 1.64. The Morgan fingerprint density at radius 2 is 2.10 bits per heavy atom. The maximum Gasteiger partial charge on any atom is 0.265 e. The highest BCUT2D eigenvalue weighted by atomic mass is 35.5. The molecule has 0 saturated carbocycles. The van der Waals surface area contributed by atoms with Gasteiger partial charge in [-0.2, -0.15) is 0 Å². The monoisotopic (exact) mass is 425 g/mol. The van der Waals surface area contributed by atoms with Crippen molar-refractivity contribution < 1.29 is 9.53 Å². The van der Waals surface area contributed by atoms with Gasteiger partial charge in [0, 0.05) is 10.4 Å². The number of nitrogens with one attached hydrogen (secondary N) is 1. The van der Waals surface area contributed by atoms with Crippen LogP contribution in [0, 0.1) is 0 Å². The second kappa shape index (κ2) is 8.06. The first-order valence-corrected chi connectivity index (χ1v) is 9.98. The number of amides is 1. The molecule has 0 bridgehead atoms. The minimum atomic E-state index is -0.248. The zero-order chi connectivity index (χ0) is 20.4. The maximum atomic E-state index is 12.9. The average molecular weight is 426 g/mol. The topological polar surface area (TPSA) is 73.2 Å². The lowest BCUT2D eigenvalue weighted by Gasteiger charge is -2.10. The Morgan fingerprint density at radius 3 is 2.83 bits per heavy atom. The zero-order valence-corrected chi connectivity index (χ0v) is 17.0. The Labute approximate surface area is 175 Å². The number of methoxy groups -OCH3 is 1. The largest absolute Gasteiger partial charge is 0.495 e. The van der Waals surface area contributed by atoms with E-state index in [1.165, 1.54) is 18.0 Å². The third kappa shape index (κ3) is 3.87. The minimum absolute atomic E-state index is 0.215. The van der Waals surface area contributed by atoms with Gasteiger partial charge in [-0.05, 0) is 47.8 Å². The first-order valence-electron chi connectivity index (χ1n) is 8.73. The quantitative estimate of drug-likeness (QED) is 0.523. The number of halogens is 1. The van der Waals surface area contributed by atoms with E-state index >= 15 is 0 Å². The molecule has 1 amide bonds. The fourth-order valence-electron chi connectivity index (χ4n) is 2.93. The molecule has 4 aromatic rings. The highest BCUT2D eigenvalue weighted by Gasteiger charge is 2.12. The SMILES string of the molecule is COc1ccc(-n2cnc3cc(C(=O)NCc4cccs4)ccc3c2=O)cc1Cl. The molecule has 0 radical (unpaired) electrons. The summed E-state index contributed by atoms with van der Waals surface area (Å²) in [5, 5.41) is 5.64. The molecule has 4 rings (SSSR count). The van der Waals surface area contributed by atoms with Crippen LogP contribution in [-0.2, 0) is 6.54 Å². The number of rotatable bonds is 5. The summed E-state index contributed by atoms with van der Waals surface area (Å²) in [5.74, 6) is 0.309. The Bertz CT molecular complexity index is 1250. The van der Waals surface area contributed by atoms with Crippen molar-refractivity contribution in [2.45, 2.75) is 6.54 Å². The van der Waals surface area contributed by atoms with Crippen molar-refractivity contribution in [3.8, 4) is 11.4 Å². The normalized spacial score (nSPS) is 10.8. The number of thiophene rings is 1. The van der Waals surface area contributed by atoms with Crippen molar-refractivity contribution in [3.63, 3.8) is 0 Å². The number of ether oxygens (including phenoxy) is 1. The second-order valence-electron chi connectivity index (χ2n) is 6.23. The van der Waals surface area contributed by atoms with Gasteiger partial charge in [0.1, 0.15) is 12.1 Å². The van der Waals surface area contributed by atoms with Crippen LogP contribution >= 0.6 is 22.9 Å². The number of nitrogens with zero attached hydrogens (tertiary/aromatic N) is 2. The lowest BCUT2D eigenvalue weighted by Crippen LogP contribution is -2.23. The average Bonchev–Trinajstić information content (AvgIpc) is 3.25. The highest BCUT2D eigenvalue weighted by Crippen LogP contribution is 2.26. The predicted molar refractivity (Wildman–Crippen MR) is 114 cm³/mol. The standard InChI is InChI=1S/C21H16ClN3O3S/c1-28-19-7-5-14(10-17(19)22)25-12-24-18-9-13(4-6-16(18)21(25)27)20(26)23-11-15-3-2-8-29-15/h2-10,12H,11H2,1H3,(H,23,26). The van der Waals surface area contributed by atoms with Gasteiger partial charge in [-0.1, -0.05) is 17.7 Å². The Hall–Kier alpha value is -3.16. The molecular formula is C21H16ClN3O3S. The van der Waals surface area contributed by atoms with Gasteiger partial charge in [0.05, 0.1) is 35.3 Å². The molecule has 2 aromatic heterocycles. The van der Waals surface area contributed by atoms with Crippen molar-refractivity contribution in [2.75, 3.05) is 7.11 Å². The fraction of sp³-hybridized carbons (Fsp3) is 0.0952. The summed E-state index contributed by atoms with van der Waals surface area (Å²) >= 11 is 7.75. The van der Waals surface area contributed by atoms with Gasteiger partial charge in [-0.25, -0.2) is 4.98 Å². The summed E-state index contributed by atoms with van der Waals surface area (Å²) in [4.78, 5) is 30.7. The van der Waals surface area contributed by atoms with Crippen LogP contribution in [0.5, 0.6) is 5.75 Å². The third-order valence-corrected chi connectivity index (χ3v) is 5.61. The van der Waals surface area contributed by atoms with Crippen molar-refractivity contribution in [1.82, 2.24) is 14.9 Å².